The molecule has 0 aliphatic carbocycles. The first-order valence-electron chi connectivity index (χ1n) is 7.79. The van der Waals surface area contributed by atoms with Crippen LogP contribution in [-0.2, 0) is 10.0 Å². The Labute approximate surface area is 158 Å². The maximum Gasteiger partial charge on any atom is 0.390 e. The lowest BCUT2D eigenvalue weighted by Gasteiger charge is -2.23. The van der Waals surface area contributed by atoms with Gasteiger partial charge >= 0.3 is 6.18 Å². The minimum atomic E-state index is -4.50. The predicted molar refractivity (Wildman–Crippen MR) is 98.2 cm³/mol. The number of benzene rings is 2. The molecule has 0 bridgehead atoms. The van der Waals surface area contributed by atoms with Gasteiger partial charge in [-0.2, -0.15) is 18.4 Å². The van der Waals surface area contributed by atoms with Crippen LogP contribution in [0, 0.1) is 11.3 Å². The molecule has 0 saturated heterocycles. The smallest absolute Gasteiger partial charge is 0.257 e. The fraction of sp³-hybridized carbons (Fsp3) is 0.167. The van der Waals surface area contributed by atoms with Crippen molar-refractivity contribution < 1.29 is 21.6 Å². The normalized spacial score (nSPS) is 12.1. The van der Waals surface area contributed by atoms with Gasteiger partial charge < -0.3 is 0 Å². The Morgan fingerprint density at radius 2 is 1.81 bits per heavy atom. The molecule has 4 nitrogen and oxygen atoms in total. The average Bonchev–Trinajstić information content (AvgIpc) is 3.04. The van der Waals surface area contributed by atoms with Crippen LogP contribution in [0.5, 0.6) is 0 Å². The summed E-state index contributed by atoms with van der Waals surface area (Å²) in [6.45, 7) is -0.741. The van der Waals surface area contributed by atoms with Crippen LogP contribution in [0.1, 0.15) is 12.0 Å². The fourth-order valence-electron chi connectivity index (χ4n) is 2.52. The van der Waals surface area contributed by atoms with Gasteiger partial charge in [-0.15, -0.1) is 11.3 Å². The monoisotopic (exact) mass is 410 g/mol. The molecule has 0 radical (unpaired) electrons. The quantitative estimate of drug-likeness (QED) is 0.600. The molecule has 1 aromatic heterocycles. The lowest BCUT2D eigenvalue weighted by Crippen LogP contribution is -2.33. The molecular formula is C18H13F3N2O2S2. The SMILES string of the molecule is N#Cc1cccc(S(=O)(=O)N(CCC(F)(F)F)c2cc3ccccc3s2)c1. The highest BCUT2D eigenvalue weighted by Gasteiger charge is 2.33. The van der Waals surface area contributed by atoms with Gasteiger partial charge in [-0.1, -0.05) is 24.3 Å². The van der Waals surface area contributed by atoms with E-state index in [1.807, 2.05) is 6.07 Å². The molecule has 0 spiro atoms. The van der Waals surface area contributed by atoms with E-state index in [-0.39, 0.29) is 15.5 Å². The molecule has 0 aliphatic rings. The zero-order valence-corrected chi connectivity index (χ0v) is 15.4. The first kappa shape index (κ1) is 19.2. The van der Waals surface area contributed by atoms with Gasteiger partial charge in [-0.3, -0.25) is 4.31 Å². The lowest BCUT2D eigenvalue weighted by atomic mass is 10.2. The fourth-order valence-corrected chi connectivity index (χ4v) is 5.33. The molecule has 1 heterocycles. The number of anilines is 1. The van der Waals surface area contributed by atoms with Crippen LogP contribution in [0.25, 0.3) is 10.1 Å². The first-order chi connectivity index (χ1) is 12.7. The average molecular weight is 410 g/mol. The van der Waals surface area contributed by atoms with Crippen LogP contribution in [0.15, 0.2) is 59.5 Å². The second-order valence-corrected chi connectivity index (χ2v) is 8.63. The highest BCUT2D eigenvalue weighted by atomic mass is 32.2. The highest BCUT2D eigenvalue weighted by Crippen LogP contribution is 2.36. The van der Waals surface area contributed by atoms with Crippen molar-refractivity contribution in [3.63, 3.8) is 0 Å². The molecule has 0 saturated carbocycles. The van der Waals surface area contributed by atoms with Gasteiger partial charge in [0.2, 0.25) is 0 Å². The summed E-state index contributed by atoms with van der Waals surface area (Å²) in [7, 11) is -4.26. The number of thiophene rings is 1. The van der Waals surface area contributed by atoms with Crippen LogP contribution in [-0.4, -0.2) is 21.1 Å². The van der Waals surface area contributed by atoms with E-state index in [2.05, 4.69) is 0 Å². The molecule has 27 heavy (non-hydrogen) atoms. The summed E-state index contributed by atoms with van der Waals surface area (Å²) in [6, 6.07) is 15.7. The third kappa shape index (κ3) is 4.23. The van der Waals surface area contributed by atoms with E-state index < -0.39 is 29.2 Å². The molecule has 3 aromatic rings. The molecule has 9 heteroatoms. The summed E-state index contributed by atoms with van der Waals surface area (Å²) in [4.78, 5) is -0.221. The summed E-state index contributed by atoms with van der Waals surface area (Å²) >= 11 is 1.10. The van der Waals surface area contributed by atoms with Crippen molar-refractivity contribution in [2.45, 2.75) is 17.5 Å². The molecule has 0 fully saturated rings. The number of halogens is 3. The van der Waals surface area contributed by atoms with Crippen LogP contribution in [0.2, 0.25) is 0 Å². The molecule has 0 atom stereocenters. The summed E-state index contributed by atoms with van der Waals surface area (Å²) in [6.07, 6.45) is -5.78. The van der Waals surface area contributed by atoms with E-state index >= 15 is 0 Å². The van der Waals surface area contributed by atoms with E-state index in [0.29, 0.717) is 0 Å². The lowest BCUT2D eigenvalue weighted by molar-refractivity contribution is -0.131. The molecule has 0 N–H and O–H groups in total. The van der Waals surface area contributed by atoms with E-state index in [1.54, 1.807) is 30.3 Å². The van der Waals surface area contributed by atoms with Crippen molar-refractivity contribution in [2.75, 3.05) is 10.8 Å². The second-order valence-electron chi connectivity index (χ2n) is 5.70. The minimum absolute atomic E-state index is 0.114. The zero-order chi connectivity index (χ0) is 19.7. The van der Waals surface area contributed by atoms with Crippen molar-refractivity contribution in [2.24, 2.45) is 0 Å². The van der Waals surface area contributed by atoms with Gasteiger partial charge in [-0.05, 0) is 35.7 Å². The minimum Gasteiger partial charge on any atom is -0.257 e. The van der Waals surface area contributed by atoms with Crippen molar-refractivity contribution in [3.8, 4) is 6.07 Å². The van der Waals surface area contributed by atoms with Crippen LogP contribution < -0.4 is 4.31 Å². The summed E-state index contributed by atoms with van der Waals surface area (Å²) in [5.74, 6) is 0. The van der Waals surface area contributed by atoms with Crippen LogP contribution >= 0.6 is 11.3 Å². The standard InChI is InChI=1S/C18H13F3N2O2S2/c19-18(20,21)8-9-23(17-11-14-5-1-2-7-16(14)26-17)27(24,25)15-6-3-4-13(10-15)12-22/h1-7,10-11H,8-9H2. The van der Waals surface area contributed by atoms with E-state index in [1.165, 1.54) is 18.2 Å². The summed E-state index contributed by atoms with van der Waals surface area (Å²) < 4.78 is 66.0. The molecule has 0 aliphatic heterocycles. The Hall–Kier alpha value is -2.57. The van der Waals surface area contributed by atoms with Gasteiger partial charge in [-0.25, -0.2) is 8.42 Å². The third-order valence-corrected chi connectivity index (χ3v) is 6.87. The van der Waals surface area contributed by atoms with Gasteiger partial charge in [0.05, 0.1) is 22.9 Å². The predicted octanol–water partition coefficient (Wildman–Crippen LogP) is 4.92. The number of nitrogens with zero attached hydrogens (tertiary/aromatic N) is 2. The topological polar surface area (TPSA) is 61.2 Å². The number of nitriles is 1. The Morgan fingerprint density at radius 3 is 2.48 bits per heavy atom. The van der Waals surface area contributed by atoms with E-state index in [0.717, 1.165) is 31.8 Å². The second kappa shape index (κ2) is 7.21. The number of hydrogen-bond donors (Lipinski definition) is 0. The Bertz CT molecular complexity index is 1080. The summed E-state index contributed by atoms with van der Waals surface area (Å²) in [5.41, 5.74) is 0.114. The third-order valence-electron chi connectivity index (χ3n) is 3.81. The Kier molecular flexibility index (Phi) is 5.13. The molecular weight excluding hydrogens is 397 g/mol. The van der Waals surface area contributed by atoms with E-state index in [9.17, 15) is 21.6 Å². The number of sulfonamides is 1. The number of hydrogen-bond acceptors (Lipinski definition) is 4. The van der Waals surface area contributed by atoms with Crippen molar-refractivity contribution in [3.05, 3.63) is 60.2 Å². The molecule has 140 valence electrons. The summed E-state index contributed by atoms with van der Waals surface area (Å²) in [5, 5.41) is 9.93. The first-order valence-corrected chi connectivity index (χ1v) is 10.0. The van der Waals surface area contributed by atoms with Crippen LogP contribution in [0.3, 0.4) is 0 Å². The van der Waals surface area contributed by atoms with Crippen LogP contribution in [0.4, 0.5) is 18.2 Å². The zero-order valence-electron chi connectivity index (χ0n) is 13.8. The number of rotatable bonds is 5. The maximum absolute atomic E-state index is 13.1. The van der Waals surface area contributed by atoms with Gasteiger partial charge in [0.1, 0.15) is 5.00 Å². The maximum atomic E-state index is 13.1. The molecule has 0 amide bonds. The molecule has 0 unspecified atom stereocenters. The highest BCUT2D eigenvalue weighted by molar-refractivity contribution is 7.93. The largest absolute Gasteiger partial charge is 0.390 e. The molecule has 3 rings (SSSR count). The van der Waals surface area contributed by atoms with Crippen molar-refractivity contribution in [1.29, 1.82) is 5.26 Å². The number of fused-ring (bicyclic) bond motifs is 1. The van der Waals surface area contributed by atoms with Gasteiger partial charge in [0.25, 0.3) is 10.0 Å². The van der Waals surface area contributed by atoms with Gasteiger partial charge in [0.15, 0.2) is 0 Å². The van der Waals surface area contributed by atoms with Crippen molar-refractivity contribution in [1.82, 2.24) is 0 Å². The van der Waals surface area contributed by atoms with Gasteiger partial charge in [0, 0.05) is 11.2 Å². The molecule has 2 aromatic carbocycles. The van der Waals surface area contributed by atoms with Crippen molar-refractivity contribution >= 4 is 36.4 Å². The van der Waals surface area contributed by atoms with E-state index in [4.69, 9.17) is 5.26 Å². The number of alkyl halides is 3. The Morgan fingerprint density at radius 1 is 1.07 bits per heavy atom. The Balaban J connectivity index is 2.09.